The molecule has 8 aromatic carbocycles. The van der Waals surface area contributed by atoms with Crippen molar-refractivity contribution in [2.45, 2.75) is 24.7 Å². The van der Waals surface area contributed by atoms with Crippen LogP contribution >= 0.6 is 0 Å². The summed E-state index contributed by atoms with van der Waals surface area (Å²) < 4.78 is 0. The Morgan fingerprint density at radius 1 is 0.413 bits per heavy atom. The summed E-state index contributed by atoms with van der Waals surface area (Å²) in [5.74, 6) is 0. The highest BCUT2D eigenvalue weighted by Gasteiger charge is 2.52. The first-order chi connectivity index (χ1) is 31.0. The monoisotopic (exact) mass is 803 g/mol. The summed E-state index contributed by atoms with van der Waals surface area (Å²) in [5, 5.41) is 1.02. The molecule has 0 atom stereocenters. The third kappa shape index (κ3) is 4.96. The average Bonchev–Trinajstić information content (AvgIpc) is 3.90. The third-order valence-electron chi connectivity index (χ3n) is 14.2. The van der Waals surface area contributed by atoms with Crippen molar-refractivity contribution < 1.29 is 0 Å². The van der Waals surface area contributed by atoms with Crippen molar-refractivity contribution in [1.82, 2.24) is 9.97 Å². The van der Waals surface area contributed by atoms with Crippen molar-refractivity contribution in [2.24, 2.45) is 0 Å². The van der Waals surface area contributed by atoms with Gasteiger partial charge in [-0.1, -0.05) is 172 Å². The van der Waals surface area contributed by atoms with Crippen LogP contribution in [0.1, 0.15) is 47.2 Å². The van der Waals surface area contributed by atoms with Gasteiger partial charge >= 0.3 is 0 Å². The number of benzene rings is 8. The Bertz CT molecular complexity index is 3460. The Hall–Kier alpha value is -7.88. The molecule has 63 heavy (non-hydrogen) atoms. The lowest BCUT2D eigenvalue weighted by Gasteiger charge is -2.32. The minimum absolute atomic E-state index is 0.168. The topological polar surface area (TPSA) is 29.0 Å². The lowest BCUT2D eigenvalue weighted by molar-refractivity contribution is 0.660. The molecule has 0 saturated heterocycles. The number of hydrogen-bond donors (Lipinski definition) is 0. The maximum absolute atomic E-state index is 5.13. The molecule has 2 aromatic heterocycles. The molecule has 0 radical (unpaired) electrons. The van der Waals surface area contributed by atoms with Gasteiger partial charge in [0, 0.05) is 45.7 Å². The Morgan fingerprint density at radius 3 is 1.73 bits per heavy atom. The van der Waals surface area contributed by atoms with Crippen molar-refractivity contribution >= 4 is 28.0 Å². The third-order valence-corrected chi connectivity index (χ3v) is 14.2. The molecule has 3 aliphatic rings. The van der Waals surface area contributed by atoms with E-state index in [0.29, 0.717) is 0 Å². The van der Waals surface area contributed by atoms with Crippen molar-refractivity contribution in [1.29, 1.82) is 0 Å². The first-order valence-electron chi connectivity index (χ1n) is 21.9. The van der Waals surface area contributed by atoms with E-state index in [0.717, 1.165) is 50.3 Å². The fourth-order valence-corrected chi connectivity index (χ4v) is 11.4. The van der Waals surface area contributed by atoms with Crippen LogP contribution in [-0.4, -0.2) is 9.97 Å². The highest BCUT2D eigenvalue weighted by atomic mass is 15.1. The number of anilines is 3. The molecule has 0 saturated carbocycles. The highest BCUT2D eigenvalue weighted by Crippen LogP contribution is 2.65. The number of pyridine rings is 2. The Morgan fingerprint density at radius 2 is 0.984 bits per heavy atom. The predicted molar refractivity (Wildman–Crippen MR) is 259 cm³/mol. The summed E-state index contributed by atoms with van der Waals surface area (Å²) in [7, 11) is 0. The van der Waals surface area contributed by atoms with Crippen LogP contribution in [0.25, 0.3) is 66.7 Å². The van der Waals surface area contributed by atoms with Gasteiger partial charge in [0.15, 0.2) is 0 Å². The van der Waals surface area contributed by atoms with Crippen LogP contribution < -0.4 is 4.90 Å². The quantitative estimate of drug-likeness (QED) is 0.174. The second kappa shape index (κ2) is 13.3. The van der Waals surface area contributed by atoms with E-state index in [1.807, 2.05) is 18.5 Å². The fraction of sp³-hybridized carbons (Fsp3) is 0.0667. The highest BCUT2D eigenvalue weighted by molar-refractivity contribution is 6.02. The second-order valence-electron chi connectivity index (χ2n) is 17.7. The van der Waals surface area contributed by atoms with Crippen molar-refractivity contribution in [3.05, 3.63) is 246 Å². The molecule has 3 nitrogen and oxygen atoms in total. The number of fused-ring (bicyclic) bond motifs is 14. The van der Waals surface area contributed by atoms with Crippen LogP contribution in [0.15, 0.2) is 213 Å². The molecular formula is C60H41N3. The SMILES string of the molecule is CC1(C)c2ccccc2-c2ccc(N(c3cccc(-c4cc(-c5ccccc5)nc5ccncc45)c3)c3cccc4c3-c3ccccc3C43c4ccccc4-c4ccccc43)cc21. The second-order valence-corrected chi connectivity index (χ2v) is 17.7. The molecular weight excluding hydrogens is 763 g/mol. The largest absolute Gasteiger partial charge is 0.310 e. The van der Waals surface area contributed by atoms with Gasteiger partial charge in [-0.15, -0.1) is 0 Å². The maximum atomic E-state index is 5.13. The van der Waals surface area contributed by atoms with E-state index in [4.69, 9.17) is 4.98 Å². The summed E-state index contributed by atoms with van der Waals surface area (Å²) >= 11 is 0. The van der Waals surface area contributed by atoms with E-state index in [1.165, 1.54) is 66.8 Å². The molecule has 10 aromatic rings. The zero-order valence-electron chi connectivity index (χ0n) is 35.0. The number of rotatable bonds is 5. The van der Waals surface area contributed by atoms with E-state index < -0.39 is 5.41 Å². The van der Waals surface area contributed by atoms with Gasteiger partial charge in [0.1, 0.15) is 0 Å². The fourth-order valence-electron chi connectivity index (χ4n) is 11.4. The molecule has 0 bridgehead atoms. The average molecular weight is 804 g/mol. The summed E-state index contributed by atoms with van der Waals surface area (Å²) in [6.07, 6.45) is 3.79. The van der Waals surface area contributed by atoms with Crippen LogP contribution in [0, 0.1) is 0 Å². The standard InChI is InChI=1S/C60H41N3/c1-59(2)49-24-10-6-20-42(49)45-31-30-41(35-54(45)59)63(40-19-14-18-39(34-40)47-36-56(38-16-4-3-5-17-38)62-55-32-33-61-37-48(47)55)57-29-15-28-53-58(57)46-23-9-13-27-52(46)60(53)50-25-11-7-21-43(50)44-22-8-12-26-51(44)60/h3-37H,1-2H3. The van der Waals surface area contributed by atoms with Crippen molar-refractivity contribution in [3.8, 4) is 55.8 Å². The molecule has 0 N–H and O–H groups in total. The minimum Gasteiger partial charge on any atom is -0.310 e. The molecule has 0 fully saturated rings. The van der Waals surface area contributed by atoms with Gasteiger partial charge in [0.25, 0.3) is 0 Å². The normalized spacial score (nSPS) is 14.1. The smallest absolute Gasteiger partial charge is 0.0746 e. The Labute approximate surface area is 367 Å². The van der Waals surface area contributed by atoms with Gasteiger partial charge in [0.2, 0.25) is 0 Å². The summed E-state index contributed by atoms with van der Waals surface area (Å²) in [5.41, 5.74) is 23.7. The summed E-state index contributed by atoms with van der Waals surface area (Å²) in [6, 6.07) is 74.1. The van der Waals surface area contributed by atoms with Crippen molar-refractivity contribution in [2.75, 3.05) is 4.90 Å². The maximum Gasteiger partial charge on any atom is 0.0746 e. The van der Waals surface area contributed by atoms with E-state index in [-0.39, 0.29) is 5.41 Å². The van der Waals surface area contributed by atoms with Crippen LogP contribution in [0.2, 0.25) is 0 Å². The van der Waals surface area contributed by atoms with Gasteiger partial charge in [0.05, 0.1) is 22.3 Å². The molecule has 3 aliphatic carbocycles. The van der Waals surface area contributed by atoms with Crippen LogP contribution in [0.4, 0.5) is 17.1 Å². The van der Waals surface area contributed by atoms with E-state index >= 15 is 0 Å². The predicted octanol–water partition coefficient (Wildman–Crippen LogP) is 15.1. The number of nitrogens with zero attached hydrogens (tertiary/aromatic N) is 3. The molecule has 2 heterocycles. The van der Waals surface area contributed by atoms with Crippen LogP contribution in [-0.2, 0) is 10.8 Å². The van der Waals surface area contributed by atoms with E-state index in [2.05, 4.69) is 218 Å². The zero-order valence-corrected chi connectivity index (χ0v) is 35.0. The zero-order chi connectivity index (χ0) is 41.9. The minimum atomic E-state index is -0.457. The Balaban J connectivity index is 1.08. The molecule has 3 heteroatoms. The van der Waals surface area contributed by atoms with Crippen molar-refractivity contribution in [3.63, 3.8) is 0 Å². The lowest BCUT2D eigenvalue weighted by atomic mass is 9.70. The molecule has 0 amide bonds. The van der Waals surface area contributed by atoms with E-state index in [1.54, 1.807) is 0 Å². The first kappa shape index (κ1) is 35.8. The van der Waals surface area contributed by atoms with Gasteiger partial charge in [-0.05, 0) is 115 Å². The van der Waals surface area contributed by atoms with E-state index in [9.17, 15) is 0 Å². The van der Waals surface area contributed by atoms with Gasteiger partial charge in [-0.25, -0.2) is 4.98 Å². The number of aromatic nitrogens is 2. The van der Waals surface area contributed by atoms with Crippen LogP contribution in [0.3, 0.4) is 0 Å². The number of hydrogen-bond acceptors (Lipinski definition) is 3. The molecule has 13 rings (SSSR count). The molecule has 296 valence electrons. The van der Waals surface area contributed by atoms with Gasteiger partial charge in [-0.3, -0.25) is 4.98 Å². The summed E-state index contributed by atoms with van der Waals surface area (Å²) in [6.45, 7) is 4.74. The molecule has 0 aliphatic heterocycles. The molecule has 0 unspecified atom stereocenters. The Kier molecular flexibility index (Phi) is 7.57. The molecule has 1 spiro atoms. The van der Waals surface area contributed by atoms with Gasteiger partial charge < -0.3 is 4.90 Å². The summed E-state index contributed by atoms with van der Waals surface area (Å²) in [4.78, 5) is 12.2. The first-order valence-corrected chi connectivity index (χ1v) is 21.9. The lowest BCUT2D eigenvalue weighted by Crippen LogP contribution is -2.26. The van der Waals surface area contributed by atoms with Crippen LogP contribution in [0.5, 0.6) is 0 Å². The van der Waals surface area contributed by atoms with Gasteiger partial charge in [-0.2, -0.15) is 0 Å².